The van der Waals surface area contributed by atoms with Gasteiger partial charge in [-0.05, 0) is 33.8 Å². The van der Waals surface area contributed by atoms with Crippen LogP contribution in [0, 0.1) is 6.92 Å². The molecule has 0 aromatic carbocycles. The van der Waals surface area contributed by atoms with Gasteiger partial charge >= 0.3 is 6.09 Å². The van der Waals surface area contributed by atoms with Gasteiger partial charge in [0, 0.05) is 11.6 Å². The summed E-state index contributed by atoms with van der Waals surface area (Å²) in [6, 6.07) is 3.52. The molecule has 1 amide bonds. The highest BCUT2D eigenvalue weighted by molar-refractivity contribution is 5.84. The van der Waals surface area contributed by atoms with Crippen molar-refractivity contribution in [1.29, 1.82) is 0 Å². The van der Waals surface area contributed by atoms with Crippen LogP contribution < -0.4 is 5.32 Å². The number of nitrogens with zero attached hydrogens (tertiary/aromatic N) is 2. The van der Waals surface area contributed by atoms with E-state index in [-0.39, 0.29) is 13.2 Å². The smallest absolute Gasteiger partial charge is 0.413 e. The van der Waals surface area contributed by atoms with Crippen LogP contribution in [0.25, 0.3) is 11.3 Å². The Bertz CT molecular complexity index is 652. The molecule has 120 valence electrons. The molecule has 0 bridgehead atoms. The lowest BCUT2D eigenvalue weighted by atomic mass is 10.2. The van der Waals surface area contributed by atoms with Gasteiger partial charge in [0.2, 0.25) is 0 Å². The lowest BCUT2D eigenvalue weighted by Crippen LogP contribution is -2.28. The van der Waals surface area contributed by atoms with Gasteiger partial charge in [-0.1, -0.05) is 0 Å². The van der Waals surface area contributed by atoms with Crippen molar-refractivity contribution in [2.24, 2.45) is 0 Å². The van der Waals surface area contributed by atoms with Gasteiger partial charge in [0.1, 0.15) is 17.2 Å². The molecule has 0 aliphatic rings. The second-order valence-electron chi connectivity index (χ2n) is 5.88. The third-order valence-electron chi connectivity index (χ3n) is 2.86. The van der Waals surface area contributed by atoms with Crippen LogP contribution in [0.5, 0.6) is 0 Å². The van der Waals surface area contributed by atoms with Crippen molar-refractivity contribution in [3.63, 3.8) is 0 Å². The van der Waals surface area contributed by atoms with E-state index in [0.29, 0.717) is 11.5 Å². The fraction of sp³-hybridized carbons (Fsp3) is 0.467. The molecule has 0 aliphatic carbocycles. The lowest BCUT2D eigenvalue weighted by Gasteiger charge is -2.19. The maximum absolute atomic E-state index is 11.9. The molecule has 0 saturated heterocycles. The first-order valence-electron chi connectivity index (χ1n) is 7.03. The van der Waals surface area contributed by atoms with Gasteiger partial charge in [-0.25, -0.2) is 9.48 Å². The predicted molar refractivity (Wildman–Crippen MR) is 81.6 cm³/mol. The predicted octanol–water partition coefficient (Wildman–Crippen LogP) is 2.79. The monoisotopic (exact) mass is 307 g/mol. The van der Waals surface area contributed by atoms with Gasteiger partial charge in [0.15, 0.2) is 0 Å². The second kappa shape index (κ2) is 6.23. The highest BCUT2D eigenvalue weighted by Crippen LogP contribution is 2.26. The molecular weight excluding hydrogens is 286 g/mol. The number of aliphatic hydroxyl groups is 1. The van der Waals surface area contributed by atoms with E-state index in [1.54, 1.807) is 39.2 Å². The highest BCUT2D eigenvalue weighted by atomic mass is 16.6. The van der Waals surface area contributed by atoms with E-state index in [4.69, 9.17) is 14.3 Å². The zero-order valence-corrected chi connectivity index (χ0v) is 13.2. The van der Waals surface area contributed by atoms with Crippen molar-refractivity contribution in [3.8, 4) is 11.3 Å². The molecular formula is C15H21N3O4. The van der Waals surface area contributed by atoms with Crippen LogP contribution >= 0.6 is 0 Å². The number of nitrogens with one attached hydrogen (secondary N) is 1. The molecule has 0 unspecified atom stereocenters. The van der Waals surface area contributed by atoms with Crippen LogP contribution in [0.2, 0.25) is 0 Å². The summed E-state index contributed by atoms with van der Waals surface area (Å²) in [5.74, 6) is 1.19. The fourth-order valence-corrected chi connectivity index (χ4v) is 1.97. The minimum atomic E-state index is -0.587. The third kappa shape index (κ3) is 3.88. The molecule has 2 N–H and O–H groups in total. The second-order valence-corrected chi connectivity index (χ2v) is 5.88. The standard InChI is InChI=1S/C15H21N3O4/c1-10-11(5-8-21-10)12-9-13(18(17-12)6-7-19)16-14(20)22-15(2,3)4/h5,8-9,19H,6-7H2,1-4H3,(H,16,20). The van der Waals surface area contributed by atoms with Crippen molar-refractivity contribution in [1.82, 2.24) is 9.78 Å². The number of hydrogen-bond acceptors (Lipinski definition) is 5. The van der Waals surface area contributed by atoms with Gasteiger partial charge in [-0.3, -0.25) is 5.32 Å². The molecule has 2 aromatic heterocycles. The molecule has 0 radical (unpaired) electrons. The minimum Gasteiger partial charge on any atom is -0.469 e. The van der Waals surface area contributed by atoms with Crippen LogP contribution in [0.4, 0.5) is 10.6 Å². The SMILES string of the molecule is Cc1occc1-c1cc(NC(=O)OC(C)(C)C)n(CCO)n1. The molecule has 7 nitrogen and oxygen atoms in total. The fourth-order valence-electron chi connectivity index (χ4n) is 1.97. The topological polar surface area (TPSA) is 89.5 Å². The molecule has 2 aromatic rings. The molecule has 0 fully saturated rings. The molecule has 2 rings (SSSR count). The first kappa shape index (κ1) is 16.1. The van der Waals surface area contributed by atoms with Crippen LogP contribution in [-0.2, 0) is 11.3 Å². The number of aromatic nitrogens is 2. The minimum absolute atomic E-state index is 0.0888. The summed E-state index contributed by atoms with van der Waals surface area (Å²) >= 11 is 0. The number of carbonyl (C=O) groups is 1. The number of hydrogen-bond donors (Lipinski definition) is 2. The summed E-state index contributed by atoms with van der Waals surface area (Å²) in [4.78, 5) is 11.9. The van der Waals surface area contributed by atoms with E-state index >= 15 is 0 Å². The Kier molecular flexibility index (Phi) is 4.56. The first-order chi connectivity index (χ1) is 10.3. The molecule has 22 heavy (non-hydrogen) atoms. The summed E-state index contributed by atoms with van der Waals surface area (Å²) in [5.41, 5.74) is 0.908. The Morgan fingerprint density at radius 2 is 2.23 bits per heavy atom. The summed E-state index contributed by atoms with van der Waals surface area (Å²) in [5, 5.41) is 16.2. The van der Waals surface area contributed by atoms with Crippen LogP contribution in [-0.4, -0.2) is 33.2 Å². The molecule has 0 aliphatic heterocycles. The number of rotatable bonds is 4. The van der Waals surface area contributed by atoms with Gasteiger partial charge in [0.25, 0.3) is 0 Å². The zero-order valence-electron chi connectivity index (χ0n) is 13.2. The Morgan fingerprint density at radius 1 is 1.50 bits per heavy atom. The van der Waals surface area contributed by atoms with E-state index in [9.17, 15) is 4.79 Å². The number of aliphatic hydroxyl groups excluding tert-OH is 1. The van der Waals surface area contributed by atoms with Crippen molar-refractivity contribution >= 4 is 11.9 Å². The Hall–Kier alpha value is -2.28. The van der Waals surface area contributed by atoms with Crippen LogP contribution in [0.1, 0.15) is 26.5 Å². The molecule has 7 heteroatoms. The maximum Gasteiger partial charge on any atom is 0.413 e. The summed E-state index contributed by atoms with van der Waals surface area (Å²) in [6.45, 7) is 7.38. The van der Waals surface area contributed by atoms with Crippen LogP contribution in [0.3, 0.4) is 0 Å². The van der Waals surface area contributed by atoms with E-state index < -0.39 is 11.7 Å². The largest absolute Gasteiger partial charge is 0.469 e. The van der Waals surface area contributed by atoms with E-state index in [2.05, 4.69) is 10.4 Å². The van der Waals surface area contributed by atoms with Gasteiger partial charge < -0.3 is 14.3 Å². The number of furan rings is 1. The Morgan fingerprint density at radius 3 is 2.77 bits per heavy atom. The quantitative estimate of drug-likeness (QED) is 0.906. The highest BCUT2D eigenvalue weighted by Gasteiger charge is 2.19. The Balaban J connectivity index is 2.25. The van der Waals surface area contributed by atoms with Gasteiger partial charge in [-0.15, -0.1) is 0 Å². The number of ether oxygens (including phenoxy) is 1. The molecule has 2 heterocycles. The first-order valence-corrected chi connectivity index (χ1v) is 7.03. The molecule has 0 spiro atoms. The normalized spacial score (nSPS) is 11.5. The average Bonchev–Trinajstić information content (AvgIpc) is 2.94. The summed E-state index contributed by atoms with van der Waals surface area (Å²) in [6.07, 6.45) is 1.01. The van der Waals surface area contributed by atoms with E-state index in [0.717, 1.165) is 11.3 Å². The van der Waals surface area contributed by atoms with Crippen molar-refractivity contribution < 1.29 is 19.1 Å². The molecule has 0 atom stereocenters. The van der Waals surface area contributed by atoms with Gasteiger partial charge in [0.05, 0.1) is 25.1 Å². The molecule has 0 saturated carbocycles. The van der Waals surface area contributed by atoms with Crippen molar-refractivity contribution in [3.05, 3.63) is 24.2 Å². The van der Waals surface area contributed by atoms with Crippen LogP contribution in [0.15, 0.2) is 22.8 Å². The van der Waals surface area contributed by atoms with E-state index in [1.165, 1.54) is 4.68 Å². The Labute approximate surface area is 128 Å². The van der Waals surface area contributed by atoms with E-state index in [1.807, 2.05) is 6.92 Å². The maximum atomic E-state index is 11.9. The average molecular weight is 307 g/mol. The third-order valence-corrected chi connectivity index (χ3v) is 2.86. The lowest BCUT2D eigenvalue weighted by molar-refractivity contribution is 0.0634. The van der Waals surface area contributed by atoms with Crippen molar-refractivity contribution in [2.75, 3.05) is 11.9 Å². The number of amides is 1. The number of aryl methyl sites for hydroxylation is 1. The number of anilines is 1. The number of carbonyl (C=O) groups excluding carboxylic acids is 1. The summed E-state index contributed by atoms with van der Waals surface area (Å²) in [7, 11) is 0. The zero-order chi connectivity index (χ0) is 16.3. The van der Waals surface area contributed by atoms with Crippen molar-refractivity contribution in [2.45, 2.75) is 39.8 Å². The summed E-state index contributed by atoms with van der Waals surface area (Å²) < 4.78 is 12.0. The van der Waals surface area contributed by atoms with Gasteiger partial charge in [-0.2, -0.15) is 5.10 Å².